The van der Waals surface area contributed by atoms with Crippen molar-refractivity contribution in [3.63, 3.8) is 0 Å². The molecule has 1 aromatic rings. The van der Waals surface area contributed by atoms with Crippen LogP contribution in [0.25, 0.3) is 0 Å². The SMILES string of the molecule is CC1(C)CNC(CCO)CN(c2cccc(Br)c2)C1. The third-order valence-electron chi connectivity index (χ3n) is 3.58. The van der Waals surface area contributed by atoms with Crippen LogP contribution in [-0.2, 0) is 0 Å². The van der Waals surface area contributed by atoms with Gasteiger partial charge in [-0.1, -0.05) is 35.8 Å². The van der Waals surface area contributed by atoms with Crippen LogP contribution in [0.2, 0.25) is 0 Å². The number of nitrogens with one attached hydrogen (secondary N) is 1. The number of nitrogens with zero attached hydrogens (tertiary/aromatic N) is 1. The van der Waals surface area contributed by atoms with Crippen molar-refractivity contribution in [1.82, 2.24) is 5.32 Å². The second-order valence-corrected chi connectivity index (χ2v) is 7.03. The van der Waals surface area contributed by atoms with Gasteiger partial charge in [0.1, 0.15) is 0 Å². The summed E-state index contributed by atoms with van der Waals surface area (Å²) in [6, 6.07) is 8.80. The Labute approximate surface area is 124 Å². The van der Waals surface area contributed by atoms with E-state index in [9.17, 15) is 5.11 Å². The fourth-order valence-corrected chi connectivity index (χ4v) is 2.99. The summed E-state index contributed by atoms with van der Waals surface area (Å²) in [5, 5.41) is 12.7. The maximum absolute atomic E-state index is 9.18. The van der Waals surface area contributed by atoms with E-state index in [1.807, 2.05) is 0 Å². The van der Waals surface area contributed by atoms with E-state index in [1.54, 1.807) is 0 Å². The Kier molecular flexibility index (Phi) is 4.87. The number of halogens is 1. The smallest absolute Gasteiger partial charge is 0.0446 e. The maximum Gasteiger partial charge on any atom is 0.0446 e. The standard InChI is InChI=1S/C15H23BrN2O/c1-15(2)10-17-13(6-7-19)9-18(11-15)14-5-3-4-12(16)8-14/h3-5,8,13,17,19H,6-7,9-11H2,1-2H3. The van der Waals surface area contributed by atoms with E-state index in [2.05, 4.69) is 64.3 Å². The summed E-state index contributed by atoms with van der Waals surface area (Å²) in [6.07, 6.45) is 0.806. The maximum atomic E-state index is 9.18. The third-order valence-corrected chi connectivity index (χ3v) is 4.07. The Morgan fingerprint density at radius 3 is 2.95 bits per heavy atom. The highest BCUT2D eigenvalue weighted by Gasteiger charge is 2.28. The summed E-state index contributed by atoms with van der Waals surface area (Å²) in [5.74, 6) is 0. The molecule has 1 atom stereocenters. The lowest BCUT2D eigenvalue weighted by Crippen LogP contribution is -2.38. The first-order valence-corrected chi connectivity index (χ1v) is 7.64. The number of hydrogen-bond acceptors (Lipinski definition) is 3. The monoisotopic (exact) mass is 326 g/mol. The van der Waals surface area contributed by atoms with Crippen molar-refractivity contribution in [2.24, 2.45) is 5.41 Å². The summed E-state index contributed by atoms with van der Waals surface area (Å²) in [7, 11) is 0. The van der Waals surface area contributed by atoms with Gasteiger partial charge < -0.3 is 15.3 Å². The van der Waals surface area contributed by atoms with Crippen LogP contribution >= 0.6 is 15.9 Å². The summed E-state index contributed by atoms with van der Waals surface area (Å²) < 4.78 is 1.11. The molecule has 0 saturated carbocycles. The Bertz CT molecular complexity index is 422. The highest BCUT2D eigenvalue weighted by Crippen LogP contribution is 2.27. The topological polar surface area (TPSA) is 35.5 Å². The van der Waals surface area contributed by atoms with E-state index >= 15 is 0 Å². The number of aliphatic hydroxyl groups is 1. The van der Waals surface area contributed by atoms with Crippen LogP contribution in [0, 0.1) is 5.41 Å². The van der Waals surface area contributed by atoms with Crippen molar-refractivity contribution >= 4 is 21.6 Å². The normalized spacial score (nSPS) is 23.2. The van der Waals surface area contributed by atoms with Crippen molar-refractivity contribution in [2.75, 3.05) is 31.1 Å². The first kappa shape index (κ1) is 14.8. The van der Waals surface area contributed by atoms with E-state index in [1.165, 1.54) is 5.69 Å². The van der Waals surface area contributed by atoms with E-state index in [0.717, 1.165) is 30.5 Å². The first-order valence-electron chi connectivity index (χ1n) is 6.85. The Morgan fingerprint density at radius 2 is 2.26 bits per heavy atom. The van der Waals surface area contributed by atoms with Crippen molar-refractivity contribution < 1.29 is 5.11 Å². The Hall–Kier alpha value is -0.580. The highest BCUT2D eigenvalue weighted by atomic mass is 79.9. The fraction of sp³-hybridized carbons (Fsp3) is 0.600. The van der Waals surface area contributed by atoms with Crippen LogP contribution in [0.15, 0.2) is 28.7 Å². The second kappa shape index (κ2) is 6.25. The summed E-state index contributed by atoms with van der Waals surface area (Å²) in [6.45, 7) is 7.77. The lowest BCUT2D eigenvalue weighted by molar-refractivity contribution is 0.263. The van der Waals surface area contributed by atoms with Gasteiger partial charge in [0.15, 0.2) is 0 Å². The number of anilines is 1. The Balaban J connectivity index is 2.20. The zero-order valence-electron chi connectivity index (χ0n) is 11.7. The van der Waals surface area contributed by atoms with Gasteiger partial charge in [-0.2, -0.15) is 0 Å². The van der Waals surface area contributed by atoms with E-state index in [0.29, 0.717) is 6.04 Å². The molecular weight excluding hydrogens is 304 g/mol. The molecule has 3 nitrogen and oxygen atoms in total. The number of benzene rings is 1. The molecule has 106 valence electrons. The molecule has 1 saturated heterocycles. The number of aliphatic hydroxyl groups excluding tert-OH is 1. The van der Waals surface area contributed by atoms with Crippen LogP contribution in [0.1, 0.15) is 20.3 Å². The molecule has 0 spiro atoms. The molecule has 19 heavy (non-hydrogen) atoms. The zero-order chi connectivity index (χ0) is 13.9. The first-order chi connectivity index (χ1) is 9.00. The van der Waals surface area contributed by atoms with Crippen molar-refractivity contribution in [2.45, 2.75) is 26.3 Å². The number of hydrogen-bond donors (Lipinski definition) is 2. The molecule has 4 heteroatoms. The zero-order valence-corrected chi connectivity index (χ0v) is 13.3. The van der Waals surface area contributed by atoms with Crippen molar-refractivity contribution in [3.05, 3.63) is 28.7 Å². The third kappa shape index (κ3) is 4.20. The van der Waals surface area contributed by atoms with Gasteiger partial charge in [0.25, 0.3) is 0 Å². The Morgan fingerprint density at radius 1 is 1.47 bits per heavy atom. The predicted molar refractivity (Wildman–Crippen MR) is 83.6 cm³/mol. The van der Waals surface area contributed by atoms with Gasteiger partial charge in [-0.25, -0.2) is 0 Å². The van der Waals surface area contributed by atoms with Gasteiger partial charge >= 0.3 is 0 Å². The largest absolute Gasteiger partial charge is 0.396 e. The number of rotatable bonds is 3. The molecular formula is C15H23BrN2O. The van der Waals surface area contributed by atoms with Gasteiger partial charge in [0.2, 0.25) is 0 Å². The molecule has 0 aromatic heterocycles. The van der Waals surface area contributed by atoms with E-state index in [-0.39, 0.29) is 12.0 Å². The van der Waals surface area contributed by atoms with Crippen LogP contribution in [0.4, 0.5) is 5.69 Å². The minimum atomic E-state index is 0.229. The van der Waals surface area contributed by atoms with Gasteiger partial charge in [0.05, 0.1) is 0 Å². The molecule has 2 N–H and O–H groups in total. The van der Waals surface area contributed by atoms with Gasteiger partial charge in [-0.15, -0.1) is 0 Å². The molecule has 2 rings (SSSR count). The molecule has 1 fully saturated rings. The van der Waals surface area contributed by atoms with Crippen LogP contribution in [0.3, 0.4) is 0 Å². The average molecular weight is 327 g/mol. The molecule has 0 aliphatic carbocycles. The minimum Gasteiger partial charge on any atom is -0.396 e. The summed E-state index contributed by atoms with van der Waals surface area (Å²) in [5.41, 5.74) is 1.47. The molecule has 1 aromatic carbocycles. The highest BCUT2D eigenvalue weighted by molar-refractivity contribution is 9.10. The molecule has 0 amide bonds. The molecule has 1 aliphatic heterocycles. The molecule has 1 heterocycles. The van der Waals surface area contributed by atoms with Gasteiger partial charge in [0, 0.05) is 42.4 Å². The van der Waals surface area contributed by atoms with Crippen molar-refractivity contribution in [3.8, 4) is 0 Å². The summed E-state index contributed by atoms with van der Waals surface area (Å²) >= 11 is 3.54. The lowest BCUT2D eigenvalue weighted by atomic mass is 9.93. The minimum absolute atomic E-state index is 0.229. The lowest BCUT2D eigenvalue weighted by Gasteiger charge is -2.31. The predicted octanol–water partition coefficient (Wildman–Crippen LogP) is 2.64. The molecule has 1 unspecified atom stereocenters. The fourth-order valence-electron chi connectivity index (χ4n) is 2.61. The molecule has 0 radical (unpaired) electrons. The van der Waals surface area contributed by atoms with Crippen molar-refractivity contribution in [1.29, 1.82) is 0 Å². The second-order valence-electron chi connectivity index (χ2n) is 6.11. The van der Waals surface area contributed by atoms with Crippen LogP contribution < -0.4 is 10.2 Å². The van der Waals surface area contributed by atoms with E-state index < -0.39 is 0 Å². The quantitative estimate of drug-likeness (QED) is 0.896. The van der Waals surface area contributed by atoms with Crippen LogP contribution in [-0.4, -0.2) is 37.4 Å². The van der Waals surface area contributed by atoms with Gasteiger partial charge in [-0.05, 0) is 30.0 Å². The molecule has 0 bridgehead atoms. The van der Waals surface area contributed by atoms with Gasteiger partial charge in [-0.3, -0.25) is 0 Å². The average Bonchev–Trinajstić information content (AvgIpc) is 2.49. The van der Waals surface area contributed by atoms with E-state index in [4.69, 9.17) is 0 Å². The summed E-state index contributed by atoms with van der Waals surface area (Å²) in [4.78, 5) is 2.42. The van der Waals surface area contributed by atoms with Crippen LogP contribution in [0.5, 0.6) is 0 Å². The molecule has 1 aliphatic rings.